The molecule has 0 aliphatic carbocycles. The Balaban J connectivity index is 1.70. The van der Waals surface area contributed by atoms with Crippen LogP contribution in [0.25, 0.3) is 11.8 Å². The van der Waals surface area contributed by atoms with Crippen LogP contribution in [-0.2, 0) is 9.53 Å². The zero-order chi connectivity index (χ0) is 29.4. The summed E-state index contributed by atoms with van der Waals surface area (Å²) < 4.78 is 33.8. The van der Waals surface area contributed by atoms with Gasteiger partial charge in [0, 0.05) is 17.1 Å². The maximum atomic E-state index is 14.0. The first kappa shape index (κ1) is 28.1. The molecule has 1 unspecified atom stereocenters. The van der Waals surface area contributed by atoms with Crippen LogP contribution in [0.15, 0.2) is 69.6 Å². The van der Waals surface area contributed by atoms with E-state index in [-0.39, 0.29) is 23.6 Å². The summed E-state index contributed by atoms with van der Waals surface area (Å²) in [5, 5.41) is 0. The van der Waals surface area contributed by atoms with E-state index in [0.717, 1.165) is 22.6 Å². The summed E-state index contributed by atoms with van der Waals surface area (Å²) in [6.45, 7) is 7.57. The van der Waals surface area contributed by atoms with E-state index in [9.17, 15) is 14.0 Å². The number of aryl methyl sites for hydroxylation is 1. The molecule has 0 amide bonds. The molecule has 0 fully saturated rings. The van der Waals surface area contributed by atoms with E-state index in [1.165, 1.54) is 35.1 Å². The number of rotatable bonds is 7. The summed E-state index contributed by atoms with van der Waals surface area (Å²) in [4.78, 5) is 32.3. The highest BCUT2D eigenvalue weighted by Gasteiger charge is 2.34. The van der Waals surface area contributed by atoms with Crippen LogP contribution in [0.5, 0.6) is 11.5 Å². The number of hydrogen-bond donors (Lipinski definition) is 0. The quantitative estimate of drug-likeness (QED) is 0.306. The molecule has 2 aromatic heterocycles. The van der Waals surface area contributed by atoms with Gasteiger partial charge in [-0.25, -0.2) is 14.2 Å². The van der Waals surface area contributed by atoms with Gasteiger partial charge in [0.2, 0.25) is 0 Å². The van der Waals surface area contributed by atoms with E-state index in [4.69, 9.17) is 14.2 Å². The molecule has 0 radical (unpaired) electrons. The summed E-state index contributed by atoms with van der Waals surface area (Å²) in [5.74, 6) is 0.154. The lowest BCUT2D eigenvalue weighted by atomic mass is 9.95. The van der Waals surface area contributed by atoms with Crippen LogP contribution in [0.4, 0.5) is 4.39 Å². The summed E-state index contributed by atoms with van der Waals surface area (Å²) >= 11 is 1.25. The second-order valence-corrected chi connectivity index (χ2v) is 10.6. The molecule has 0 saturated carbocycles. The SMILES string of the molecule is CCOC(=O)C1=C(C)N=c2s/c(=C\c3cc(C)n(-c4ccc(F)cc4)c3C)c(=O)n2C1c1ccc(OC)c(OC)c1. The number of ether oxygens (including phenoxy) is 3. The third-order valence-electron chi connectivity index (χ3n) is 7.08. The number of halogens is 1. The standard InChI is InChI=1S/C31H30FN3O5S/c1-7-40-30(37)27-18(3)33-31-35(28(27)20-8-13-24(38-5)25(15-20)39-6)29(36)26(41-31)16-21-14-17(2)34(19(21)4)23-11-9-22(32)10-12-23/h8-16,28H,7H2,1-6H3/b26-16-. The van der Waals surface area contributed by atoms with Crippen molar-refractivity contribution in [1.29, 1.82) is 0 Å². The van der Waals surface area contributed by atoms with Crippen molar-refractivity contribution in [2.75, 3.05) is 20.8 Å². The second-order valence-electron chi connectivity index (χ2n) is 9.55. The van der Waals surface area contributed by atoms with Gasteiger partial charge in [-0.2, -0.15) is 0 Å². The lowest BCUT2D eigenvalue weighted by Crippen LogP contribution is -2.40. The number of esters is 1. The number of carbonyl (C=O) groups excluding carboxylic acids is 1. The van der Waals surface area contributed by atoms with E-state index in [0.29, 0.717) is 32.1 Å². The number of thiazole rings is 1. The first-order chi connectivity index (χ1) is 19.7. The Morgan fingerprint density at radius 3 is 2.41 bits per heavy atom. The number of allylic oxidation sites excluding steroid dienone is 1. The largest absolute Gasteiger partial charge is 0.493 e. The van der Waals surface area contributed by atoms with Gasteiger partial charge in [0.05, 0.1) is 42.7 Å². The van der Waals surface area contributed by atoms with Crippen molar-refractivity contribution in [3.8, 4) is 17.2 Å². The minimum atomic E-state index is -0.779. The van der Waals surface area contributed by atoms with Crippen LogP contribution in [0.3, 0.4) is 0 Å². The average Bonchev–Trinajstić information content (AvgIpc) is 3.41. The molecule has 1 aliphatic heterocycles. The molecule has 0 saturated heterocycles. The average molecular weight is 576 g/mol. The molecule has 4 aromatic rings. The molecule has 3 heterocycles. The number of methoxy groups -OCH3 is 2. The smallest absolute Gasteiger partial charge is 0.338 e. The van der Waals surface area contributed by atoms with Crippen molar-refractivity contribution >= 4 is 23.4 Å². The van der Waals surface area contributed by atoms with Gasteiger partial charge in [-0.05, 0) is 87.4 Å². The van der Waals surface area contributed by atoms with Crippen LogP contribution in [0, 0.1) is 19.7 Å². The third-order valence-corrected chi connectivity index (χ3v) is 8.07. The predicted molar refractivity (Wildman–Crippen MR) is 155 cm³/mol. The number of fused-ring (bicyclic) bond motifs is 1. The Hall–Kier alpha value is -4.44. The van der Waals surface area contributed by atoms with Crippen molar-refractivity contribution in [2.45, 2.75) is 33.7 Å². The van der Waals surface area contributed by atoms with Crippen molar-refractivity contribution in [2.24, 2.45) is 4.99 Å². The molecule has 10 heteroatoms. The van der Waals surface area contributed by atoms with Crippen LogP contribution >= 0.6 is 11.3 Å². The zero-order valence-corrected chi connectivity index (χ0v) is 24.5. The van der Waals surface area contributed by atoms with Crippen molar-refractivity contribution < 1.29 is 23.4 Å². The highest BCUT2D eigenvalue weighted by atomic mass is 32.1. The van der Waals surface area contributed by atoms with E-state index >= 15 is 0 Å². The molecule has 8 nitrogen and oxygen atoms in total. The monoisotopic (exact) mass is 575 g/mol. The molecule has 212 valence electrons. The van der Waals surface area contributed by atoms with Gasteiger partial charge in [0.15, 0.2) is 16.3 Å². The second kappa shape index (κ2) is 11.2. The molecule has 0 spiro atoms. The summed E-state index contributed by atoms with van der Waals surface area (Å²) in [6, 6.07) is 12.8. The highest BCUT2D eigenvalue weighted by Crippen LogP contribution is 2.36. The molecule has 0 bridgehead atoms. The van der Waals surface area contributed by atoms with Gasteiger partial charge in [-0.1, -0.05) is 17.4 Å². The Morgan fingerprint density at radius 1 is 1.05 bits per heavy atom. The number of nitrogens with zero attached hydrogens (tertiary/aromatic N) is 3. The minimum Gasteiger partial charge on any atom is -0.493 e. The van der Waals surface area contributed by atoms with Gasteiger partial charge in [-0.15, -0.1) is 0 Å². The fourth-order valence-electron chi connectivity index (χ4n) is 5.19. The van der Waals surface area contributed by atoms with E-state index in [1.807, 2.05) is 30.6 Å². The molecule has 1 aliphatic rings. The Kier molecular flexibility index (Phi) is 7.68. The lowest BCUT2D eigenvalue weighted by molar-refractivity contribution is -0.139. The van der Waals surface area contributed by atoms with Crippen molar-refractivity contribution in [3.05, 3.63) is 108 Å². The zero-order valence-electron chi connectivity index (χ0n) is 23.6. The van der Waals surface area contributed by atoms with E-state index in [1.54, 1.807) is 51.3 Å². The van der Waals surface area contributed by atoms with Gasteiger partial charge in [-0.3, -0.25) is 9.36 Å². The first-order valence-electron chi connectivity index (χ1n) is 13.0. The number of carbonyl (C=O) groups is 1. The predicted octanol–water partition coefficient (Wildman–Crippen LogP) is 4.36. The maximum Gasteiger partial charge on any atom is 0.338 e. The Labute approximate surface area is 240 Å². The lowest BCUT2D eigenvalue weighted by Gasteiger charge is -2.25. The van der Waals surface area contributed by atoms with E-state index in [2.05, 4.69) is 4.99 Å². The van der Waals surface area contributed by atoms with Crippen LogP contribution < -0.4 is 24.4 Å². The molecule has 1 atom stereocenters. The Bertz CT molecular complexity index is 1860. The highest BCUT2D eigenvalue weighted by molar-refractivity contribution is 7.07. The van der Waals surface area contributed by atoms with Crippen molar-refractivity contribution in [1.82, 2.24) is 9.13 Å². The van der Waals surface area contributed by atoms with Gasteiger partial charge in [0.25, 0.3) is 5.56 Å². The fraction of sp³-hybridized carbons (Fsp3) is 0.258. The Morgan fingerprint density at radius 2 is 1.76 bits per heavy atom. The van der Waals surface area contributed by atoms with Gasteiger partial charge >= 0.3 is 5.97 Å². The topological polar surface area (TPSA) is 84.1 Å². The molecular weight excluding hydrogens is 545 g/mol. The third kappa shape index (κ3) is 4.99. The van der Waals surface area contributed by atoms with E-state index < -0.39 is 12.0 Å². The number of hydrogen-bond acceptors (Lipinski definition) is 7. The van der Waals surface area contributed by atoms with Crippen molar-refractivity contribution in [3.63, 3.8) is 0 Å². The fourth-order valence-corrected chi connectivity index (χ4v) is 6.23. The first-order valence-corrected chi connectivity index (χ1v) is 13.9. The maximum absolute atomic E-state index is 14.0. The molecule has 41 heavy (non-hydrogen) atoms. The molecule has 2 aromatic carbocycles. The van der Waals surface area contributed by atoms with Crippen LogP contribution in [0.1, 0.15) is 42.4 Å². The van der Waals surface area contributed by atoms with Crippen LogP contribution in [0.2, 0.25) is 0 Å². The summed E-state index contributed by atoms with van der Waals surface area (Å²) in [6.07, 6.45) is 1.83. The summed E-state index contributed by atoms with van der Waals surface area (Å²) in [5.41, 5.74) is 4.65. The molecule has 0 N–H and O–H groups in total. The normalized spacial score (nSPS) is 15.0. The summed E-state index contributed by atoms with van der Waals surface area (Å²) in [7, 11) is 3.07. The number of benzene rings is 2. The van der Waals surface area contributed by atoms with Crippen LogP contribution in [-0.4, -0.2) is 35.9 Å². The number of aromatic nitrogens is 2. The van der Waals surface area contributed by atoms with Gasteiger partial charge in [0.1, 0.15) is 5.82 Å². The minimum absolute atomic E-state index is 0.183. The van der Waals surface area contributed by atoms with Gasteiger partial charge < -0.3 is 18.8 Å². The molecule has 5 rings (SSSR count). The molecular formula is C31H30FN3O5S.